The van der Waals surface area contributed by atoms with Gasteiger partial charge in [0, 0.05) is 12.0 Å². The van der Waals surface area contributed by atoms with E-state index >= 15 is 0 Å². The minimum absolute atomic E-state index is 0.0169. The van der Waals surface area contributed by atoms with Crippen molar-refractivity contribution in [1.29, 1.82) is 0 Å². The van der Waals surface area contributed by atoms with Crippen molar-refractivity contribution in [2.24, 2.45) is 0 Å². The van der Waals surface area contributed by atoms with Crippen molar-refractivity contribution in [3.63, 3.8) is 0 Å². The van der Waals surface area contributed by atoms with Gasteiger partial charge in [-0.1, -0.05) is 48.5 Å². The van der Waals surface area contributed by atoms with Crippen molar-refractivity contribution >= 4 is 12.1 Å². The van der Waals surface area contributed by atoms with Gasteiger partial charge < -0.3 is 9.84 Å². The first-order valence-electron chi connectivity index (χ1n) is 8.94. The normalized spacial score (nSPS) is 16.5. The lowest BCUT2D eigenvalue weighted by Gasteiger charge is -2.26. The number of nitrogens with zero attached hydrogens (tertiary/aromatic N) is 1. The lowest BCUT2D eigenvalue weighted by molar-refractivity contribution is -0.142. The van der Waals surface area contributed by atoms with Gasteiger partial charge in [0.25, 0.3) is 0 Å². The monoisotopic (exact) mass is 351 g/mol. The zero-order valence-electron chi connectivity index (χ0n) is 14.6. The molecule has 0 radical (unpaired) electrons. The number of fused-ring (bicyclic) bond motifs is 3. The highest BCUT2D eigenvalue weighted by molar-refractivity contribution is 5.81. The summed E-state index contributed by atoms with van der Waals surface area (Å²) in [5, 5.41) is 9.27. The summed E-state index contributed by atoms with van der Waals surface area (Å²) < 4.78 is 5.60. The Kier molecular flexibility index (Phi) is 4.15. The summed E-state index contributed by atoms with van der Waals surface area (Å²) >= 11 is 0. The number of carbonyl (C=O) groups is 2. The maximum Gasteiger partial charge on any atom is 0.410 e. The van der Waals surface area contributed by atoms with E-state index < -0.39 is 18.1 Å². The molecule has 4 rings (SSSR count). The zero-order chi connectivity index (χ0) is 18.3. The van der Waals surface area contributed by atoms with E-state index in [2.05, 4.69) is 24.3 Å². The van der Waals surface area contributed by atoms with Gasteiger partial charge in [-0.15, -0.1) is 0 Å². The molecule has 1 unspecified atom stereocenters. The van der Waals surface area contributed by atoms with E-state index in [-0.39, 0.29) is 18.6 Å². The number of benzene rings is 2. The lowest BCUT2D eigenvalue weighted by Crippen LogP contribution is -2.45. The Balaban J connectivity index is 1.54. The molecule has 2 aromatic rings. The quantitative estimate of drug-likeness (QED) is 0.888. The molecular formula is C21H21NO4. The van der Waals surface area contributed by atoms with Gasteiger partial charge in [-0.25, -0.2) is 9.59 Å². The van der Waals surface area contributed by atoms with E-state index in [1.807, 2.05) is 24.3 Å². The van der Waals surface area contributed by atoms with E-state index in [0.29, 0.717) is 0 Å². The molecule has 1 fully saturated rings. The average molecular weight is 351 g/mol. The largest absolute Gasteiger partial charge is 0.480 e. The predicted molar refractivity (Wildman–Crippen MR) is 97.0 cm³/mol. The van der Waals surface area contributed by atoms with Gasteiger partial charge in [0.15, 0.2) is 0 Å². The molecule has 2 aromatic carbocycles. The fourth-order valence-corrected chi connectivity index (χ4v) is 3.76. The van der Waals surface area contributed by atoms with Gasteiger partial charge in [-0.05, 0) is 42.0 Å². The van der Waals surface area contributed by atoms with Crippen molar-refractivity contribution in [1.82, 2.24) is 4.90 Å². The molecule has 0 saturated heterocycles. The number of carboxylic acid groups (broad SMARTS) is 1. The van der Waals surface area contributed by atoms with E-state index in [1.165, 1.54) is 23.0 Å². The minimum Gasteiger partial charge on any atom is -0.480 e. The molecule has 5 heteroatoms. The molecule has 2 aliphatic carbocycles. The number of ether oxygens (including phenoxy) is 1. The molecule has 1 saturated carbocycles. The number of hydrogen-bond acceptors (Lipinski definition) is 3. The second kappa shape index (κ2) is 6.48. The highest BCUT2D eigenvalue weighted by Crippen LogP contribution is 2.44. The highest BCUT2D eigenvalue weighted by Gasteiger charge is 2.40. The summed E-state index contributed by atoms with van der Waals surface area (Å²) in [6.45, 7) is 1.74. The summed E-state index contributed by atoms with van der Waals surface area (Å²) in [6.07, 6.45) is 1.13. The summed E-state index contributed by atoms with van der Waals surface area (Å²) in [4.78, 5) is 25.3. The van der Waals surface area contributed by atoms with Crippen molar-refractivity contribution < 1.29 is 19.4 Å². The standard InChI is InChI=1S/C21H21NO4/c1-13(20(23)24)22(14-10-11-14)21(25)26-12-19-17-8-4-2-6-15(17)16-7-3-5-9-18(16)19/h2-9,13-14,19H,10-12H2,1H3,(H,23,24). The molecule has 1 amide bonds. The van der Waals surface area contributed by atoms with E-state index in [9.17, 15) is 14.7 Å². The van der Waals surface area contributed by atoms with Crippen molar-refractivity contribution in [2.45, 2.75) is 37.8 Å². The smallest absolute Gasteiger partial charge is 0.410 e. The topological polar surface area (TPSA) is 66.8 Å². The summed E-state index contributed by atoms with van der Waals surface area (Å²) in [5.41, 5.74) is 4.63. The Morgan fingerprint density at radius 3 is 2.12 bits per heavy atom. The fourth-order valence-electron chi connectivity index (χ4n) is 3.76. The van der Waals surface area contributed by atoms with Gasteiger partial charge in [-0.3, -0.25) is 4.90 Å². The average Bonchev–Trinajstić information content (AvgIpc) is 3.42. The third-order valence-corrected chi connectivity index (χ3v) is 5.26. The summed E-state index contributed by atoms with van der Waals surface area (Å²) in [7, 11) is 0. The maximum absolute atomic E-state index is 12.6. The van der Waals surface area contributed by atoms with Crippen LogP contribution >= 0.6 is 0 Å². The maximum atomic E-state index is 12.6. The van der Waals surface area contributed by atoms with Gasteiger partial charge in [0.2, 0.25) is 0 Å². The molecule has 5 nitrogen and oxygen atoms in total. The molecule has 134 valence electrons. The minimum atomic E-state index is -1.01. The molecule has 26 heavy (non-hydrogen) atoms. The molecule has 0 heterocycles. The molecule has 1 atom stereocenters. The second-order valence-electron chi connectivity index (χ2n) is 6.96. The van der Waals surface area contributed by atoms with Crippen molar-refractivity contribution in [3.8, 4) is 11.1 Å². The van der Waals surface area contributed by atoms with Crippen LogP contribution in [0.4, 0.5) is 4.79 Å². The first-order valence-corrected chi connectivity index (χ1v) is 8.94. The Labute approximate surface area is 152 Å². The zero-order valence-corrected chi connectivity index (χ0v) is 14.6. The molecule has 1 N–H and O–H groups in total. The van der Waals surface area contributed by atoms with Crippen LogP contribution in [0.1, 0.15) is 36.8 Å². The van der Waals surface area contributed by atoms with Gasteiger partial charge in [-0.2, -0.15) is 0 Å². The predicted octanol–water partition coefficient (Wildman–Crippen LogP) is 3.87. The van der Waals surface area contributed by atoms with Crippen LogP contribution < -0.4 is 0 Å². The molecule has 0 spiro atoms. The van der Waals surface area contributed by atoms with Gasteiger partial charge in [0.1, 0.15) is 12.6 Å². The molecule has 0 aromatic heterocycles. The number of carbonyl (C=O) groups excluding carboxylic acids is 1. The van der Waals surface area contributed by atoms with Crippen LogP contribution in [0.2, 0.25) is 0 Å². The van der Waals surface area contributed by atoms with Crippen molar-refractivity contribution in [2.75, 3.05) is 6.61 Å². The van der Waals surface area contributed by atoms with Gasteiger partial charge in [0.05, 0.1) is 0 Å². The third kappa shape index (κ3) is 2.83. The molecular weight excluding hydrogens is 330 g/mol. The van der Waals surface area contributed by atoms with Crippen LogP contribution in [0.25, 0.3) is 11.1 Å². The summed E-state index contributed by atoms with van der Waals surface area (Å²) in [6, 6.07) is 15.4. The third-order valence-electron chi connectivity index (χ3n) is 5.26. The number of aliphatic carboxylic acids is 1. The van der Waals surface area contributed by atoms with Crippen LogP contribution in [0.5, 0.6) is 0 Å². The first-order chi connectivity index (χ1) is 12.6. The van der Waals surface area contributed by atoms with Crippen LogP contribution in [-0.4, -0.2) is 40.8 Å². The SMILES string of the molecule is CC(C(=O)O)N(C(=O)OCC1c2ccccc2-c2ccccc21)C1CC1. The molecule has 0 bridgehead atoms. The molecule has 0 aliphatic heterocycles. The van der Waals surface area contributed by atoms with E-state index in [1.54, 1.807) is 0 Å². The summed E-state index contributed by atoms with van der Waals surface area (Å²) in [5.74, 6) is -1.03. The van der Waals surface area contributed by atoms with Crippen LogP contribution in [-0.2, 0) is 9.53 Å². The Morgan fingerprint density at radius 2 is 1.62 bits per heavy atom. The highest BCUT2D eigenvalue weighted by atomic mass is 16.6. The Bertz CT molecular complexity index is 813. The van der Waals surface area contributed by atoms with Gasteiger partial charge >= 0.3 is 12.1 Å². The van der Waals surface area contributed by atoms with Crippen LogP contribution in [0.15, 0.2) is 48.5 Å². The van der Waals surface area contributed by atoms with E-state index in [4.69, 9.17) is 4.74 Å². The second-order valence-corrected chi connectivity index (χ2v) is 6.96. The Morgan fingerprint density at radius 1 is 1.08 bits per heavy atom. The fraction of sp³-hybridized carbons (Fsp3) is 0.333. The van der Waals surface area contributed by atoms with Crippen molar-refractivity contribution in [3.05, 3.63) is 59.7 Å². The Hall–Kier alpha value is -2.82. The molecule has 2 aliphatic rings. The van der Waals surface area contributed by atoms with Crippen LogP contribution in [0.3, 0.4) is 0 Å². The number of carboxylic acids is 1. The lowest BCUT2D eigenvalue weighted by atomic mass is 9.98. The number of hydrogen-bond donors (Lipinski definition) is 1. The first kappa shape index (κ1) is 16.6. The number of amides is 1. The van der Waals surface area contributed by atoms with E-state index in [0.717, 1.165) is 24.0 Å². The van der Waals surface area contributed by atoms with Crippen LogP contribution in [0, 0.1) is 0 Å². The number of rotatable bonds is 5.